The second kappa shape index (κ2) is 6.34. The molecule has 0 spiro atoms. The van der Waals surface area contributed by atoms with E-state index in [4.69, 9.17) is 4.74 Å². The predicted octanol–water partition coefficient (Wildman–Crippen LogP) is 3.12. The van der Waals surface area contributed by atoms with Crippen LogP contribution in [0.2, 0.25) is 0 Å². The molecule has 6 heteroatoms. The normalized spacial score (nSPS) is 10.7. The molecule has 0 saturated carbocycles. The van der Waals surface area contributed by atoms with Gasteiger partial charge in [0, 0.05) is 16.2 Å². The fourth-order valence-electron chi connectivity index (χ4n) is 2.28. The molecular weight excluding hydrogens is 360 g/mol. The largest absolute Gasteiger partial charge is 0.456 e. The van der Waals surface area contributed by atoms with Gasteiger partial charge < -0.3 is 4.74 Å². The summed E-state index contributed by atoms with van der Waals surface area (Å²) in [6, 6.07) is 13.8. The van der Waals surface area contributed by atoms with E-state index in [1.54, 1.807) is 24.3 Å². The van der Waals surface area contributed by atoms with Gasteiger partial charge in [0.05, 0.1) is 11.3 Å². The van der Waals surface area contributed by atoms with Crippen molar-refractivity contribution in [3.05, 3.63) is 80.3 Å². The van der Waals surface area contributed by atoms with E-state index < -0.39 is 5.97 Å². The number of carbonyl (C=O) groups excluding carboxylic acids is 1. The molecule has 0 aliphatic heterocycles. The molecule has 0 aliphatic carbocycles. The maximum atomic E-state index is 12.2. The molecule has 23 heavy (non-hydrogen) atoms. The number of hydrogen-bond donors (Lipinski definition) is 0. The van der Waals surface area contributed by atoms with Crippen molar-refractivity contribution in [3.8, 4) is 0 Å². The van der Waals surface area contributed by atoms with Crippen molar-refractivity contribution >= 4 is 27.5 Å². The van der Waals surface area contributed by atoms with Crippen molar-refractivity contribution in [1.82, 2.24) is 9.38 Å². The third-order valence-electron chi connectivity index (χ3n) is 3.38. The third kappa shape index (κ3) is 3.17. The number of fused-ring (bicyclic) bond motifs is 1. The zero-order valence-corrected chi connectivity index (χ0v) is 13.9. The highest BCUT2D eigenvalue weighted by atomic mass is 79.9. The first-order chi connectivity index (χ1) is 11.1. The van der Waals surface area contributed by atoms with Gasteiger partial charge in [-0.1, -0.05) is 18.2 Å². The maximum absolute atomic E-state index is 12.2. The molecular formula is C17H13BrN2O3. The lowest BCUT2D eigenvalue weighted by molar-refractivity contribution is 0.0466. The number of nitrogens with zero attached hydrogens (tertiary/aromatic N) is 2. The van der Waals surface area contributed by atoms with Gasteiger partial charge in [-0.15, -0.1) is 0 Å². The highest BCUT2D eigenvalue weighted by Crippen LogP contribution is 2.17. The zero-order chi connectivity index (χ0) is 16.4. The Morgan fingerprint density at radius 3 is 2.78 bits per heavy atom. The number of aromatic nitrogens is 2. The number of aryl methyl sites for hydroxylation is 1. The first-order valence-corrected chi connectivity index (χ1v) is 7.75. The number of carbonyl (C=O) groups is 1. The van der Waals surface area contributed by atoms with Gasteiger partial charge >= 0.3 is 5.97 Å². The van der Waals surface area contributed by atoms with E-state index in [0.29, 0.717) is 21.4 Å². The summed E-state index contributed by atoms with van der Waals surface area (Å²) in [7, 11) is 0. The van der Waals surface area contributed by atoms with Crippen molar-refractivity contribution in [3.63, 3.8) is 0 Å². The Kier molecular flexibility index (Phi) is 4.25. The topological polar surface area (TPSA) is 60.7 Å². The molecule has 3 aromatic rings. The lowest BCUT2D eigenvalue weighted by Crippen LogP contribution is -2.18. The van der Waals surface area contributed by atoms with Crippen LogP contribution < -0.4 is 5.56 Å². The molecule has 0 saturated heterocycles. The molecule has 0 fully saturated rings. The van der Waals surface area contributed by atoms with Crippen LogP contribution in [0.25, 0.3) is 5.65 Å². The minimum atomic E-state index is -0.469. The summed E-state index contributed by atoms with van der Waals surface area (Å²) in [4.78, 5) is 28.6. The number of halogens is 1. The van der Waals surface area contributed by atoms with E-state index in [1.807, 2.05) is 25.1 Å². The fraction of sp³-hybridized carbons (Fsp3) is 0.118. The molecule has 0 bridgehead atoms. The smallest absolute Gasteiger partial charge is 0.339 e. The summed E-state index contributed by atoms with van der Waals surface area (Å²) < 4.78 is 7.42. The highest BCUT2D eigenvalue weighted by Gasteiger charge is 2.12. The molecule has 0 unspecified atom stereocenters. The minimum absolute atomic E-state index is 0.0557. The van der Waals surface area contributed by atoms with Gasteiger partial charge in [0.25, 0.3) is 5.56 Å². The van der Waals surface area contributed by atoms with Crippen LogP contribution in [-0.4, -0.2) is 15.4 Å². The number of hydrogen-bond acceptors (Lipinski definition) is 4. The van der Waals surface area contributed by atoms with Crippen LogP contribution in [-0.2, 0) is 11.3 Å². The number of ether oxygens (including phenoxy) is 1. The summed E-state index contributed by atoms with van der Waals surface area (Å²) in [5.41, 5.74) is 1.99. The van der Waals surface area contributed by atoms with Crippen molar-refractivity contribution < 1.29 is 9.53 Å². The Bertz CT molecular complexity index is 950. The van der Waals surface area contributed by atoms with Gasteiger partial charge in [-0.25, -0.2) is 9.78 Å². The molecule has 3 rings (SSSR count). The second-order valence-corrected chi connectivity index (χ2v) is 5.86. The molecule has 0 N–H and O–H groups in total. The van der Waals surface area contributed by atoms with Gasteiger partial charge in [-0.3, -0.25) is 9.20 Å². The lowest BCUT2D eigenvalue weighted by atomic mass is 10.2. The van der Waals surface area contributed by atoms with Gasteiger partial charge in [-0.2, -0.15) is 0 Å². The quantitative estimate of drug-likeness (QED) is 0.662. The summed E-state index contributed by atoms with van der Waals surface area (Å²) in [6.45, 7) is 1.78. The van der Waals surface area contributed by atoms with E-state index in [1.165, 1.54) is 10.5 Å². The summed E-state index contributed by atoms with van der Waals surface area (Å²) in [5.74, 6) is -0.469. The van der Waals surface area contributed by atoms with Gasteiger partial charge in [0.15, 0.2) is 0 Å². The van der Waals surface area contributed by atoms with Crippen LogP contribution in [0.15, 0.2) is 57.8 Å². The lowest BCUT2D eigenvalue weighted by Gasteiger charge is -2.08. The molecule has 0 aliphatic rings. The molecule has 5 nitrogen and oxygen atoms in total. The molecule has 2 heterocycles. The Hall–Kier alpha value is -2.47. The van der Waals surface area contributed by atoms with Crippen LogP contribution in [0.3, 0.4) is 0 Å². The predicted molar refractivity (Wildman–Crippen MR) is 89.5 cm³/mol. The van der Waals surface area contributed by atoms with Gasteiger partial charge in [0.1, 0.15) is 12.3 Å². The van der Waals surface area contributed by atoms with Gasteiger partial charge in [0.2, 0.25) is 0 Å². The SMILES string of the molecule is Cc1cccc2nc(COC(=O)c3ccccc3Br)cc(=O)n12. The van der Waals surface area contributed by atoms with Crippen LogP contribution in [0.5, 0.6) is 0 Å². The standard InChI is InChI=1S/C17H13BrN2O3/c1-11-5-4-8-15-19-12(9-16(21)20(11)15)10-23-17(22)13-6-2-3-7-14(13)18/h2-9H,10H2,1H3. The molecule has 1 aromatic carbocycles. The third-order valence-corrected chi connectivity index (χ3v) is 4.07. The molecule has 0 atom stereocenters. The molecule has 0 radical (unpaired) electrons. The van der Waals surface area contributed by atoms with E-state index in [-0.39, 0.29) is 12.2 Å². The summed E-state index contributed by atoms with van der Waals surface area (Å²) in [6.07, 6.45) is 0. The van der Waals surface area contributed by atoms with Crippen molar-refractivity contribution in [1.29, 1.82) is 0 Å². The number of esters is 1. The highest BCUT2D eigenvalue weighted by molar-refractivity contribution is 9.10. The first-order valence-electron chi connectivity index (χ1n) is 6.96. The number of benzene rings is 1. The van der Waals surface area contributed by atoms with E-state index >= 15 is 0 Å². The average molecular weight is 373 g/mol. The van der Waals surface area contributed by atoms with E-state index in [2.05, 4.69) is 20.9 Å². The van der Waals surface area contributed by atoms with E-state index in [9.17, 15) is 9.59 Å². The Morgan fingerprint density at radius 1 is 1.22 bits per heavy atom. The van der Waals surface area contributed by atoms with Crippen LogP contribution in [0.4, 0.5) is 0 Å². The van der Waals surface area contributed by atoms with Crippen LogP contribution >= 0.6 is 15.9 Å². The zero-order valence-electron chi connectivity index (χ0n) is 12.3. The summed E-state index contributed by atoms with van der Waals surface area (Å²) >= 11 is 3.31. The van der Waals surface area contributed by atoms with Crippen LogP contribution in [0.1, 0.15) is 21.7 Å². The monoisotopic (exact) mass is 372 g/mol. The van der Waals surface area contributed by atoms with Crippen molar-refractivity contribution in [2.75, 3.05) is 0 Å². The average Bonchev–Trinajstić information content (AvgIpc) is 2.53. The van der Waals surface area contributed by atoms with Gasteiger partial charge in [-0.05, 0) is 47.1 Å². The maximum Gasteiger partial charge on any atom is 0.339 e. The minimum Gasteiger partial charge on any atom is -0.456 e. The molecule has 0 amide bonds. The number of pyridine rings is 1. The Morgan fingerprint density at radius 2 is 2.00 bits per heavy atom. The molecule has 2 aromatic heterocycles. The second-order valence-electron chi connectivity index (χ2n) is 5.00. The van der Waals surface area contributed by atoms with E-state index in [0.717, 1.165) is 5.69 Å². The van der Waals surface area contributed by atoms with Crippen molar-refractivity contribution in [2.24, 2.45) is 0 Å². The Labute approximate surface area is 140 Å². The Balaban J connectivity index is 1.84. The van der Waals surface area contributed by atoms with Crippen LogP contribution in [0, 0.1) is 6.92 Å². The summed E-state index contributed by atoms with van der Waals surface area (Å²) in [5, 5.41) is 0. The van der Waals surface area contributed by atoms with Crippen molar-refractivity contribution in [2.45, 2.75) is 13.5 Å². The number of rotatable bonds is 3. The fourth-order valence-corrected chi connectivity index (χ4v) is 2.73. The first kappa shape index (κ1) is 15.4. The molecule has 116 valence electrons.